The smallest absolute Gasteiger partial charge is 0.265 e. The van der Waals surface area contributed by atoms with Gasteiger partial charge in [0.1, 0.15) is 0 Å². The minimum absolute atomic E-state index is 0.342. The molecule has 0 unspecified atom stereocenters. The topological polar surface area (TPSA) is 53.2 Å². The Morgan fingerprint density at radius 3 is 2.55 bits per heavy atom. The molecule has 106 valence electrons. The third kappa shape index (κ3) is 1.58. The van der Waals surface area contributed by atoms with E-state index in [1.807, 2.05) is 42.5 Å². The molecule has 3 aromatic rings. The van der Waals surface area contributed by atoms with Crippen LogP contribution in [0.15, 0.2) is 61.3 Å². The van der Waals surface area contributed by atoms with E-state index in [4.69, 9.17) is 0 Å². The number of nitrogens with one attached hydrogen (secondary N) is 1. The summed E-state index contributed by atoms with van der Waals surface area (Å²) < 4.78 is 0. The van der Waals surface area contributed by atoms with Gasteiger partial charge in [0, 0.05) is 34.1 Å². The molecule has 0 saturated carbocycles. The summed E-state index contributed by atoms with van der Waals surface area (Å²) in [6.07, 6.45) is 2.61. The SMILES string of the molecule is C=CN1C(=O)C=C(c2cccc3c2[nH]c2ccccc23)C1=O. The van der Waals surface area contributed by atoms with E-state index in [-0.39, 0.29) is 11.8 Å². The molecule has 2 amide bonds. The number of carbonyl (C=O) groups is 2. The van der Waals surface area contributed by atoms with Gasteiger partial charge in [-0.3, -0.25) is 14.5 Å². The van der Waals surface area contributed by atoms with Gasteiger partial charge in [0.2, 0.25) is 0 Å². The molecule has 4 rings (SSSR count). The van der Waals surface area contributed by atoms with Crippen LogP contribution in [0.1, 0.15) is 5.56 Å². The van der Waals surface area contributed by atoms with Gasteiger partial charge in [-0.1, -0.05) is 43.0 Å². The fourth-order valence-corrected chi connectivity index (χ4v) is 2.95. The third-order valence-corrected chi connectivity index (χ3v) is 3.97. The minimum atomic E-state index is -0.358. The molecule has 22 heavy (non-hydrogen) atoms. The molecule has 1 aromatic heterocycles. The quantitative estimate of drug-likeness (QED) is 0.736. The number of amides is 2. The molecule has 2 heterocycles. The van der Waals surface area contributed by atoms with E-state index in [0.717, 1.165) is 32.3 Å². The molecule has 0 radical (unpaired) electrons. The number of H-pyrrole nitrogens is 1. The van der Waals surface area contributed by atoms with Crippen LogP contribution in [-0.2, 0) is 9.59 Å². The number of imide groups is 1. The Kier molecular flexibility index (Phi) is 2.53. The number of fused-ring (bicyclic) bond motifs is 3. The van der Waals surface area contributed by atoms with Crippen molar-refractivity contribution in [3.8, 4) is 0 Å². The molecule has 0 atom stereocenters. The number of aromatic nitrogens is 1. The second-order valence-electron chi connectivity index (χ2n) is 5.15. The first-order valence-electron chi connectivity index (χ1n) is 6.92. The summed E-state index contributed by atoms with van der Waals surface area (Å²) in [7, 11) is 0. The highest BCUT2D eigenvalue weighted by atomic mass is 16.2. The molecule has 0 saturated heterocycles. The number of hydrogen-bond acceptors (Lipinski definition) is 2. The van der Waals surface area contributed by atoms with Crippen molar-refractivity contribution in [1.82, 2.24) is 9.88 Å². The minimum Gasteiger partial charge on any atom is -0.354 e. The van der Waals surface area contributed by atoms with Crippen LogP contribution in [0.5, 0.6) is 0 Å². The zero-order chi connectivity index (χ0) is 15.3. The second kappa shape index (κ2) is 4.43. The molecule has 0 fully saturated rings. The summed E-state index contributed by atoms with van der Waals surface area (Å²) in [6.45, 7) is 3.51. The van der Waals surface area contributed by atoms with Gasteiger partial charge < -0.3 is 4.98 Å². The summed E-state index contributed by atoms with van der Waals surface area (Å²) in [6, 6.07) is 13.7. The summed E-state index contributed by atoms with van der Waals surface area (Å²) in [5.41, 5.74) is 2.99. The number of para-hydroxylation sites is 2. The lowest BCUT2D eigenvalue weighted by Crippen LogP contribution is -2.24. The number of hydrogen-bond donors (Lipinski definition) is 1. The van der Waals surface area contributed by atoms with Crippen molar-refractivity contribution in [2.75, 3.05) is 0 Å². The van der Waals surface area contributed by atoms with Gasteiger partial charge in [0.25, 0.3) is 11.8 Å². The van der Waals surface area contributed by atoms with E-state index in [1.54, 1.807) is 0 Å². The highest BCUT2D eigenvalue weighted by molar-refractivity contribution is 6.35. The molecule has 4 nitrogen and oxygen atoms in total. The van der Waals surface area contributed by atoms with Crippen molar-refractivity contribution >= 4 is 39.2 Å². The Balaban J connectivity index is 2.01. The van der Waals surface area contributed by atoms with E-state index in [2.05, 4.69) is 11.6 Å². The van der Waals surface area contributed by atoms with Crippen LogP contribution in [0.25, 0.3) is 27.4 Å². The molecule has 2 aromatic carbocycles. The molecule has 0 aliphatic carbocycles. The Morgan fingerprint density at radius 2 is 1.77 bits per heavy atom. The summed E-state index contributed by atoms with van der Waals surface area (Å²) in [4.78, 5) is 28.6. The molecule has 1 aliphatic rings. The van der Waals surface area contributed by atoms with E-state index in [1.165, 1.54) is 12.3 Å². The molecular formula is C18H12N2O2. The fraction of sp³-hybridized carbons (Fsp3) is 0. The van der Waals surface area contributed by atoms with Crippen LogP contribution < -0.4 is 0 Å². The lowest BCUT2D eigenvalue weighted by atomic mass is 10.0. The maximum atomic E-state index is 12.4. The van der Waals surface area contributed by atoms with Crippen LogP contribution >= 0.6 is 0 Å². The first-order valence-corrected chi connectivity index (χ1v) is 6.92. The number of nitrogens with zero attached hydrogens (tertiary/aromatic N) is 1. The standard InChI is InChI=1S/C18H12N2O2/c1-2-20-16(21)10-14(18(20)22)13-8-5-7-12-11-6-3-4-9-15(11)19-17(12)13/h2-10,19H,1H2. The van der Waals surface area contributed by atoms with Crippen molar-refractivity contribution in [3.63, 3.8) is 0 Å². The Hall–Kier alpha value is -3.14. The zero-order valence-electron chi connectivity index (χ0n) is 11.7. The van der Waals surface area contributed by atoms with Crippen molar-refractivity contribution in [2.24, 2.45) is 0 Å². The Bertz CT molecular complexity index is 995. The average Bonchev–Trinajstić information content (AvgIpc) is 3.04. The Morgan fingerprint density at radius 1 is 1.00 bits per heavy atom. The first kappa shape index (κ1) is 12.6. The van der Waals surface area contributed by atoms with Crippen LogP contribution in [0.3, 0.4) is 0 Å². The van der Waals surface area contributed by atoms with Gasteiger partial charge in [-0.15, -0.1) is 0 Å². The first-order chi connectivity index (χ1) is 10.7. The summed E-state index contributed by atoms with van der Waals surface area (Å²) in [5, 5.41) is 2.13. The molecule has 1 aliphatic heterocycles. The molecule has 4 heteroatoms. The van der Waals surface area contributed by atoms with Gasteiger partial charge in [0.15, 0.2) is 0 Å². The fourth-order valence-electron chi connectivity index (χ4n) is 2.95. The molecule has 0 bridgehead atoms. The maximum absolute atomic E-state index is 12.4. The number of rotatable bonds is 2. The third-order valence-electron chi connectivity index (χ3n) is 3.97. The maximum Gasteiger partial charge on any atom is 0.265 e. The van der Waals surface area contributed by atoms with Crippen molar-refractivity contribution in [1.29, 1.82) is 0 Å². The van der Waals surface area contributed by atoms with Gasteiger partial charge in [0.05, 0.1) is 11.1 Å². The highest BCUT2D eigenvalue weighted by Gasteiger charge is 2.31. The number of benzene rings is 2. The van der Waals surface area contributed by atoms with Gasteiger partial charge >= 0.3 is 0 Å². The van der Waals surface area contributed by atoms with Crippen molar-refractivity contribution < 1.29 is 9.59 Å². The van der Waals surface area contributed by atoms with E-state index in [9.17, 15) is 9.59 Å². The summed E-state index contributed by atoms with van der Waals surface area (Å²) in [5.74, 6) is -0.700. The summed E-state index contributed by atoms with van der Waals surface area (Å²) >= 11 is 0. The van der Waals surface area contributed by atoms with E-state index < -0.39 is 0 Å². The van der Waals surface area contributed by atoms with Crippen LogP contribution in [-0.4, -0.2) is 21.7 Å². The number of aromatic amines is 1. The monoisotopic (exact) mass is 288 g/mol. The molecule has 0 spiro atoms. The lowest BCUT2D eigenvalue weighted by Gasteiger charge is -2.08. The van der Waals surface area contributed by atoms with E-state index in [0.29, 0.717) is 5.57 Å². The highest BCUT2D eigenvalue weighted by Crippen LogP contribution is 2.33. The average molecular weight is 288 g/mol. The lowest BCUT2D eigenvalue weighted by molar-refractivity contribution is -0.133. The zero-order valence-corrected chi connectivity index (χ0v) is 11.7. The second-order valence-corrected chi connectivity index (χ2v) is 5.15. The van der Waals surface area contributed by atoms with Crippen molar-refractivity contribution in [3.05, 3.63) is 66.9 Å². The predicted molar refractivity (Wildman–Crippen MR) is 85.8 cm³/mol. The van der Waals surface area contributed by atoms with Crippen molar-refractivity contribution in [2.45, 2.75) is 0 Å². The van der Waals surface area contributed by atoms with Gasteiger partial charge in [-0.05, 0) is 6.07 Å². The molecule has 1 N–H and O–H groups in total. The molecular weight excluding hydrogens is 276 g/mol. The van der Waals surface area contributed by atoms with Gasteiger partial charge in [-0.25, -0.2) is 0 Å². The van der Waals surface area contributed by atoms with Crippen LogP contribution in [0.4, 0.5) is 0 Å². The normalized spacial score (nSPS) is 14.9. The van der Waals surface area contributed by atoms with Gasteiger partial charge in [-0.2, -0.15) is 0 Å². The number of carbonyl (C=O) groups excluding carboxylic acids is 2. The van der Waals surface area contributed by atoms with E-state index >= 15 is 0 Å². The predicted octanol–water partition coefficient (Wildman–Crippen LogP) is 3.22. The van der Waals surface area contributed by atoms with Crippen LogP contribution in [0, 0.1) is 0 Å². The van der Waals surface area contributed by atoms with Crippen LogP contribution in [0.2, 0.25) is 0 Å². The largest absolute Gasteiger partial charge is 0.354 e. The Labute approximate surface area is 126 Å².